The van der Waals surface area contributed by atoms with Crippen LogP contribution in [0.2, 0.25) is 0 Å². The van der Waals surface area contributed by atoms with Crippen LogP contribution in [0.3, 0.4) is 0 Å². The molecule has 5 heterocycles. The number of hydrogen-bond acceptors (Lipinski definition) is 7. The zero-order valence-corrected chi connectivity index (χ0v) is 25.0. The van der Waals surface area contributed by atoms with Crippen LogP contribution in [-0.2, 0) is 22.5 Å². The number of amides is 2. The fourth-order valence-corrected chi connectivity index (χ4v) is 6.86. The molecule has 1 aliphatic carbocycles. The molecule has 11 nitrogen and oxygen atoms in total. The van der Waals surface area contributed by atoms with E-state index >= 15 is 0 Å². The molecule has 6 rings (SSSR count). The maximum atomic E-state index is 13.5. The van der Waals surface area contributed by atoms with E-state index in [-0.39, 0.29) is 30.6 Å². The number of ether oxygens (including phenoxy) is 1. The van der Waals surface area contributed by atoms with E-state index in [1.165, 1.54) is 4.52 Å². The topological polar surface area (TPSA) is 128 Å². The van der Waals surface area contributed by atoms with Crippen molar-refractivity contribution in [2.45, 2.75) is 83.5 Å². The van der Waals surface area contributed by atoms with Crippen molar-refractivity contribution in [2.75, 3.05) is 19.8 Å². The summed E-state index contributed by atoms with van der Waals surface area (Å²) in [5, 5.41) is 14.7. The van der Waals surface area contributed by atoms with Gasteiger partial charge in [0, 0.05) is 44.1 Å². The van der Waals surface area contributed by atoms with Crippen molar-refractivity contribution in [2.24, 2.45) is 23.7 Å². The molecule has 0 aromatic carbocycles. The highest BCUT2D eigenvalue weighted by Crippen LogP contribution is 2.38. The highest BCUT2D eigenvalue weighted by Gasteiger charge is 2.45. The number of piperidine rings is 1. The summed E-state index contributed by atoms with van der Waals surface area (Å²) >= 11 is 0. The van der Waals surface area contributed by atoms with Crippen LogP contribution in [0.1, 0.15) is 91.9 Å². The van der Waals surface area contributed by atoms with Gasteiger partial charge in [-0.25, -0.2) is 14.5 Å². The van der Waals surface area contributed by atoms with Crippen molar-refractivity contribution in [1.82, 2.24) is 40.0 Å². The molecular weight excluding hydrogens is 577 g/mol. The second-order valence-electron chi connectivity index (χ2n) is 12.5. The van der Waals surface area contributed by atoms with Crippen LogP contribution in [0, 0.1) is 23.7 Å². The second kappa shape index (κ2) is 12.4. The largest absolute Gasteiger partial charge is 0.393 e. The highest BCUT2D eigenvalue weighted by atomic mass is 19.4. The molecule has 2 N–H and O–H groups in total. The van der Waals surface area contributed by atoms with Gasteiger partial charge in [-0.3, -0.25) is 14.3 Å². The molecule has 1 unspecified atom stereocenters. The fourth-order valence-electron chi connectivity index (χ4n) is 6.86. The highest BCUT2D eigenvalue weighted by molar-refractivity contribution is 5.92. The first-order valence-electron chi connectivity index (χ1n) is 15.6. The Morgan fingerprint density at radius 3 is 2.70 bits per heavy atom. The molecule has 0 radical (unpaired) electrons. The first kappa shape index (κ1) is 30.5. The van der Waals surface area contributed by atoms with Crippen molar-refractivity contribution in [3.8, 4) is 0 Å². The van der Waals surface area contributed by atoms with E-state index in [9.17, 15) is 22.8 Å². The molecule has 3 fully saturated rings. The van der Waals surface area contributed by atoms with Gasteiger partial charge in [-0.15, -0.1) is 0 Å². The Morgan fingerprint density at radius 2 is 2.00 bits per heavy atom. The Labute approximate surface area is 253 Å². The van der Waals surface area contributed by atoms with Gasteiger partial charge in [0.15, 0.2) is 0 Å². The average molecular weight is 617 g/mol. The lowest BCUT2D eigenvalue weighted by atomic mass is 9.78. The molecular formula is C30H39F3N8O3. The molecule has 2 aliphatic heterocycles. The number of halogens is 3. The average Bonchev–Trinajstić information content (AvgIpc) is 3.77. The summed E-state index contributed by atoms with van der Waals surface area (Å²) < 4.78 is 49.4. The molecule has 3 aliphatic rings. The molecule has 3 aromatic heterocycles. The molecule has 2 saturated heterocycles. The number of nitrogens with one attached hydrogen (secondary N) is 2. The first-order valence-corrected chi connectivity index (χ1v) is 15.6. The zero-order valence-electron chi connectivity index (χ0n) is 25.0. The fraction of sp³-hybridized carbons (Fsp3) is 0.667. The van der Waals surface area contributed by atoms with Gasteiger partial charge in [0.25, 0.3) is 11.7 Å². The predicted molar refractivity (Wildman–Crippen MR) is 153 cm³/mol. The third-order valence-corrected chi connectivity index (χ3v) is 9.50. The Morgan fingerprint density at radius 1 is 1.20 bits per heavy atom. The Kier molecular flexibility index (Phi) is 8.62. The van der Waals surface area contributed by atoms with Gasteiger partial charge in [0.2, 0.25) is 5.91 Å². The Balaban J connectivity index is 1.34. The molecule has 3 aromatic rings. The van der Waals surface area contributed by atoms with Crippen LogP contribution in [-0.4, -0.2) is 67.1 Å². The number of imidazole rings is 1. The molecule has 4 atom stereocenters. The van der Waals surface area contributed by atoms with E-state index < -0.39 is 36.5 Å². The molecule has 238 valence electrons. The van der Waals surface area contributed by atoms with Crippen molar-refractivity contribution >= 4 is 17.6 Å². The van der Waals surface area contributed by atoms with Crippen LogP contribution >= 0.6 is 0 Å². The smallest absolute Gasteiger partial charge is 0.381 e. The summed E-state index contributed by atoms with van der Waals surface area (Å²) in [4.78, 5) is 35.8. The van der Waals surface area contributed by atoms with Gasteiger partial charge in [0.1, 0.15) is 5.69 Å². The van der Waals surface area contributed by atoms with Crippen LogP contribution in [0.5, 0.6) is 0 Å². The number of rotatable bonds is 8. The maximum Gasteiger partial charge on any atom is 0.393 e. The van der Waals surface area contributed by atoms with Crippen LogP contribution in [0.4, 0.5) is 13.2 Å². The van der Waals surface area contributed by atoms with E-state index in [4.69, 9.17) is 19.8 Å². The normalized spacial score (nSPS) is 26.9. The second-order valence-corrected chi connectivity index (χ2v) is 12.5. The number of hydrogen-bond donors (Lipinski definition) is 2. The summed E-state index contributed by atoms with van der Waals surface area (Å²) in [7, 11) is 0. The van der Waals surface area contributed by atoms with Gasteiger partial charge in [0.05, 0.1) is 41.8 Å². The quantitative estimate of drug-likeness (QED) is 0.392. The summed E-state index contributed by atoms with van der Waals surface area (Å²) in [6.45, 7) is 5.26. The van der Waals surface area contributed by atoms with E-state index in [1.54, 1.807) is 23.1 Å². The van der Waals surface area contributed by atoms with E-state index in [2.05, 4.69) is 22.7 Å². The van der Waals surface area contributed by atoms with E-state index in [1.807, 2.05) is 6.92 Å². The number of alkyl halides is 3. The Hall–Kier alpha value is -3.55. The minimum atomic E-state index is -4.39. The summed E-state index contributed by atoms with van der Waals surface area (Å²) in [5.41, 5.74) is 2.17. The van der Waals surface area contributed by atoms with Crippen molar-refractivity contribution in [1.29, 1.82) is 0 Å². The van der Waals surface area contributed by atoms with Gasteiger partial charge in [-0.2, -0.15) is 23.4 Å². The summed E-state index contributed by atoms with van der Waals surface area (Å²) in [5.74, 6) is -2.12. The molecule has 1 saturated carbocycles. The minimum Gasteiger partial charge on any atom is -0.381 e. The predicted octanol–water partition coefficient (Wildman–Crippen LogP) is 4.00. The third kappa shape index (κ3) is 6.31. The van der Waals surface area contributed by atoms with E-state index in [0.29, 0.717) is 60.7 Å². The van der Waals surface area contributed by atoms with Crippen LogP contribution in [0.25, 0.3) is 5.78 Å². The lowest BCUT2D eigenvalue weighted by Crippen LogP contribution is -2.47. The first-order chi connectivity index (χ1) is 21.1. The zero-order chi connectivity index (χ0) is 31.0. The van der Waals surface area contributed by atoms with Crippen LogP contribution < -0.4 is 10.6 Å². The van der Waals surface area contributed by atoms with Gasteiger partial charge in [-0.05, 0) is 50.5 Å². The van der Waals surface area contributed by atoms with E-state index in [0.717, 1.165) is 25.7 Å². The Bertz CT molecular complexity index is 1490. The summed E-state index contributed by atoms with van der Waals surface area (Å²) in [6, 6.07) is 1.30. The van der Waals surface area contributed by atoms with Crippen molar-refractivity contribution < 1.29 is 27.5 Å². The van der Waals surface area contributed by atoms with Crippen molar-refractivity contribution in [3.63, 3.8) is 0 Å². The number of aryl methyl sites for hydroxylation is 1. The third-order valence-electron chi connectivity index (χ3n) is 9.50. The molecule has 0 spiro atoms. The summed E-state index contributed by atoms with van der Waals surface area (Å²) in [6.07, 6.45) is 3.34. The number of fused-ring (bicyclic) bond motifs is 1. The van der Waals surface area contributed by atoms with Gasteiger partial charge >= 0.3 is 6.18 Å². The minimum absolute atomic E-state index is 0.0301. The number of aromatic nitrogens is 6. The molecule has 14 heteroatoms. The van der Waals surface area contributed by atoms with Gasteiger partial charge < -0.3 is 15.4 Å². The molecule has 2 amide bonds. The standard InChI is InChI=1S/C30H39F3N8O3/c1-3-40-24(8-10-35-40)28(43)37-25(18-6-4-17(2)5-7-18)23-15-41-29(36-23)38-26(19-9-11-44-16-19)22(39-41)13-20-12-21(30(31,32)33)14-34-27(20)42/h8,10,15,17-21,25H,3-7,9,11-14,16H2,1-2H3,(H,34,42)(H,37,43)/t17?,18?,19?,20-,21-,25+/m1/s1. The monoisotopic (exact) mass is 616 g/mol. The van der Waals surface area contributed by atoms with Gasteiger partial charge in [-0.1, -0.05) is 19.8 Å². The molecule has 44 heavy (non-hydrogen) atoms. The molecule has 0 bridgehead atoms. The van der Waals surface area contributed by atoms with Crippen molar-refractivity contribution in [3.05, 3.63) is 41.2 Å². The lowest BCUT2D eigenvalue weighted by Gasteiger charge is -2.32. The van der Waals surface area contributed by atoms with Crippen LogP contribution in [0.15, 0.2) is 18.5 Å². The maximum absolute atomic E-state index is 13.5. The lowest BCUT2D eigenvalue weighted by molar-refractivity contribution is -0.183. The number of carbonyl (C=O) groups excluding carboxylic acids is 2. The SMILES string of the molecule is CCn1nccc1C(=O)N[C@H](c1cn2nc(C[C@H]3C[C@@H](C(F)(F)F)CNC3=O)c(C3CCOC3)nc2n1)C1CCC(C)CC1. The number of carbonyl (C=O) groups is 2. The number of nitrogens with zero attached hydrogens (tertiary/aromatic N) is 6.